The summed E-state index contributed by atoms with van der Waals surface area (Å²) in [5.41, 5.74) is 1.91. The standard InChI is InChI=1S/C11H15N3OS/c15-11-7-3-4-12-6-8(7)13-10(14-11)9-2-1-5-16-9/h9,12H,1-6H2,(H,13,14,15). The number of hydrogen-bond donors (Lipinski definition) is 2. The molecule has 1 unspecified atom stereocenters. The predicted octanol–water partition coefficient (Wildman–Crippen LogP) is 0.984. The van der Waals surface area contributed by atoms with Gasteiger partial charge in [-0.2, -0.15) is 11.8 Å². The van der Waals surface area contributed by atoms with Crippen LogP contribution in [-0.2, 0) is 13.0 Å². The second kappa shape index (κ2) is 4.22. The normalized spacial score (nSPS) is 24.4. The van der Waals surface area contributed by atoms with Crippen molar-refractivity contribution in [3.05, 3.63) is 27.4 Å². The SMILES string of the molecule is O=c1[nH]c(C2CCCS2)nc2c1CCNC2. The summed E-state index contributed by atoms with van der Waals surface area (Å²) in [5, 5.41) is 3.67. The van der Waals surface area contributed by atoms with Gasteiger partial charge in [-0.15, -0.1) is 0 Å². The van der Waals surface area contributed by atoms with E-state index in [2.05, 4.69) is 15.3 Å². The fraction of sp³-hybridized carbons (Fsp3) is 0.636. The summed E-state index contributed by atoms with van der Waals surface area (Å²) in [6, 6.07) is 0. The van der Waals surface area contributed by atoms with Gasteiger partial charge in [0, 0.05) is 12.1 Å². The van der Waals surface area contributed by atoms with Crippen LogP contribution < -0.4 is 10.9 Å². The Balaban J connectivity index is 2.01. The lowest BCUT2D eigenvalue weighted by atomic mass is 10.1. The third-order valence-electron chi connectivity index (χ3n) is 3.20. The van der Waals surface area contributed by atoms with E-state index < -0.39 is 0 Å². The summed E-state index contributed by atoms with van der Waals surface area (Å²) in [6.45, 7) is 1.62. The molecule has 3 heterocycles. The molecule has 1 saturated heterocycles. The van der Waals surface area contributed by atoms with Crippen molar-refractivity contribution in [3.63, 3.8) is 0 Å². The lowest BCUT2D eigenvalue weighted by molar-refractivity contribution is 0.608. The molecule has 1 fully saturated rings. The fourth-order valence-electron chi connectivity index (χ4n) is 2.33. The molecular formula is C11H15N3OS. The van der Waals surface area contributed by atoms with Crippen LogP contribution in [0, 0.1) is 0 Å². The second-order valence-corrected chi connectivity index (χ2v) is 5.62. The van der Waals surface area contributed by atoms with Crippen LogP contribution in [0.3, 0.4) is 0 Å². The van der Waals surface area contributed by atoms with Crippen LogP contribution in [0.5, 0.6) is 0 Å². The van der Waals surface area contributed by atoms with Crippen LogP contribution in [-0.4, -0.2) is 22.3 Å². The molecule has 0 spiro atoms. The number of fused-ring (bicyclic) bond motifs is 1. The molecular weight excluding hydrogens is 222 g/mol. The number of nitrogens with zero attached hydrogens (tertiary/aromatic N) is 1. The Morgan fingerprint density at radius 3 is 3.19 bits per heavy atom. The summed E-state index contributed by atoms with van der Waals surface area (Å²) in [4.78, 5) is 19.5. The van der Waals surface area contributed by atoms with E-state index in [1.165, 1.54) is 12.2 Å². The molecule has 4 nitrogen and oxygen atoms in total. The first-order chi connectivity index (χ1) is 7.84. The summed E-state index contributed by atoms with van der Waals surface area (Å²) in [5.74, 6) is 2.07. The Kier molecular flexibility index (Phi) is 2.73. The minimum Gasteiger partial charge on any atom is -0.311 e. The molecule has 0 radical (unpaired) electrons. The number of nitrogens with one attached hydrogen (secondary N) is 2. The van der Waals surface area contributed by atoms with Gasteiger partial charge in [0.15, 0.2) is 0 Å². The van der Waals surface area contributed by atoms with Crippen molar-refractivity contribution in [2.45, 2.75) is 31.1 Å². The van der Waals surface area contributed by atoms with Gasteiger partial charge in [0.25, 0.3) is 5.56 Å². The van der Waals surface area contributed by atoms with Gasteiger partial charge in [0.05, 0.1) is 10.9 Å². The maximum absolute atomic E-state index is 11.9. The zero-order chi connectivity index (χ0) is 11.0. The monoisotopic (exact) mass is 237 g/mol. The minimum absolute atomic E-state index is 0.0778. The smallest absolute Gasteiger partial charge is 0.254 e. The Morgan fingerprint density at radius 2 is 2.38 bits per heavy atom. The van der Waals surface area contributed by atoms with E-state index in [1.807, 2.05) is 11.8 Å². The molecule has 16 heavy (non-hydrogen) atoms. The van der Waals surface area contributed by atoms with Crippen molar-refractivity contribution in [3.8, 4) is 0 Å². The molecule has 3 rings (SSSR count). The molecule has 1 aromatic heterocycles. The van der Waals surface area contributed by atoms with Gasteiger partial charge in [0.2, 0.25) is 0 Å². The Bertz CT molecular complexity index is 451. The molecule has 0 aromatic carbocycles. The highest BCUT2D eigenvalue weighted by atomic mass is 32.2. The van der Waals surface area contributed by atoms with Crippen LogP contribution in [0.25, 0.3) is 0 Å². The van der Waals surface area contributed by atoms with Crippen molar-refractivity contribution in [1.29, 1.82) is 0 Å². The van der Waals surface area contributed by atoms with Crippen LogP contribution in [0.15, 0.2) is 4.79 Å². The van der Waals surface area contributed by atoms with Gasteiger partial charge in [-0.3, -0.25) is 4.79 Å². The number of aromatic nitrogens is 2. The van der Waals surface area contributed by atoms with E-state index in [9.17, 15) is 4.79 Å². The van der Waals surface area contributed by atoms with E-state index in [0.29, 0.717) is 5.25 Å². The minimum atomic E-state index is 0.0778. The lowest BCUT2D eigenvalue weighted by Crippen LogP contribution is -2.32. The molecule has 1 atom stereocenters. The summed E-state index contributed by atoms with van der Waals surface area (Å²) in [7, 11) is 0. The van der Waals surface area contributed by atoms with Crippen LogP contribution in [0.4, 0.5) is 0 Å². The largest absolute Gasteiger partial charge is 0.311 e. The first-order valence-corrected chi connectivity index (χ1v) is 6.84. The van der Waals surface area contributed by atoms with Crippen molar-refractivity contribution in [2.75, 3.05) is 12.3 Å². The first kappa shape index (κ1) is 10.4. The number of H-pyrrole nitrogens is 1. The Morgan fingerprint density at radius 1 is 1.44 bits per heavy atom. The summed E-state index contributed by atoms with van der Waals surface area (Å²) < 4.78 is 0. The van der Waals surface area contributed by atoms with Gasteiger partial charge in [-0.1, -0.05) is 0 Å². The molecule has 2 aliphatic rings. The van der Waals surface area contributed by atoms with Crippen LogP contribution in [0.1, 0.15) is 35.2 Å². The number of hydrogen-bond acceptors (Lipinski definition) is 4. The maximum Gasteiger partial charge on any atom is 0.254 e. The highest BCUT2D eigenvalue weighted by Gasteiger charge is 2.23. The second-order valence-electron chi connectivity index (χ2n) is 4.30. The van der Waals surface area contributed by atoms with Gasteiger partial charge >= 0.3 is 0 Å². The molecule has 0 saturated carbocycles. The molecule has 0 bridgehead atoms. The van der Waals surface area contributed by atoms with Crippen molar-refractivity contribution in [2.24, 2.45) is 0 Å². The third-order valence-corrected chi connectivity index (χ3v) is 4.58. The van der Waals surface area contributed by atoms with Crippen molar-refractivity contribution < 1.29 is 0 Å². The van der Waals surface area contributed by atoms with E-state index in [0.717, 1.165) is 43.0 Å². The molecule has 86 valence electrons. The van der Waals surface area contributed by atoms with Crippen molar-refractivity contribution in [1.82, 2.24) is 15.3 Å². The highest BCUT2D eigenvalue weighted by molar-refractivity contribution is 7.99. The van der Waals surface area contributed by atoms with E-state index in [1.54, 1.807) is 0 Å². The topological polar surface area (TPSA) is 57.8 Å². The summed E-state index contributed by atoms with van der Waals surface area (Å²) >= 11 is 1.90. The zero-order valence-electron chi connectivity index (χ0n) is 9.08. The maximum atomic E-state index is 11.9. The first-order valence-electron chi connectivity index (χ1n) is 5.79. The number of thioether (sulfide) groups is 1. The third kappa shape index (κ3) is 1.78. The van der Waals surface area contributed by atoms with E-state index >= 15 is 0 Å². The summed E-state index contributed by atoms with van der Waals surface area (Å²) in [6.07, 6.45) is 3.17. The Hall–Kier alpha value is -0.810. The zero-order valence-corrected chi connectivity index (χ0v) is 9.90. The molecule has 0 aliphatic carbocycles. The van der Waals surface area contributed by atoms with Gasteiger partial charge in [-0.25, -0.2) is 4.98 Å². The Labute approximate surface area is 98.2 Å². The molecule has 1 aromatic rings. The average molecular weight is 237 g/mol. The quantitative estimate of drug-likeness (QED) is 0.764. The van der Waals surface area contributed by atoms with Gasteiger partial charge in [-0.05, 0) is 31.6 Å². The molecule has 2 aliphatic heterocycles. The molecule has 0 amide bonds. The van der Waals surface area contributed by atoms with Gasteiger partial charge < -0.3 is 10.3 Å². The van der Waals surface area contributed by atoms with Crippen LogP contribution >= 0.6 is 11.8 Å². The van der Waals surface area contributed by atoms with Crippen molar-refractivity contribution >= 4 is 11.8 Å². The number of rotatable bonds is 1. The van der Waals surface area contributed by atoms with E-state index in [4.69, 9.17) is 0 Å². The number of aromatic amines is 1. The highest BCUT2D eigenvalue weighted by Crippen LogP contribution is 2.37. The predicted molar refractivity (Wildman–Crippen MR) is 64.7 cm³/mol. The lowest BCUT2D eigenvalue weighted by Gasteiger charge is -2.17. The molecule has 2 N–H and O–H groups in total. The average Bonchev–Trinajstić information content (AvgIpc) is 2.82. The van der Waals surface area contributed by atoms with Gasteiger partial charge in [0.1, 0.15) is 5.82 Å². The van der Waals surface area contributed by atoms with E-state index in [-0.39, 0.29) is 5.56 Å². The fourth-order valence-corrected chi connectivity index (χ4v) is 3.55. The van der Waals surface area contributed by atoms with Crippen LogP contribution in [0.2, 0.25) is 0 Å². The molecule has 5 heteroatoms.